The Morgan fingerprint density at radius 1 is 1.09 bits per heavy atom. The van der Waals surface area contributed by atoms with Crippen LogP contribution >= 0.6 is 0 Å². The third-order valence-electron chi connectivity index (χ3n) is 5.34. The van der Waals surface area contributed by atoms with Gasteiger partial charge in [0.1, 0.15) is 5.78 Å². The second kappa shape index (κ2) is 4.55. The van der Waals surface area contributed by atoms with Crippen LogP contribution in [-0.2, 0) is 10.2 Å². The Hall–Kier alpha value is -1.89. The van der Waals surface area contributed by atoms with E-state index in [1.54, 1.807) is 0 Å². The molecule has 0 spiro atoms. The normalized spacial score (nSPS) is 28.7. The zero-order valence-electron chi connectivity index (χ0n) is 13.5. The van der Waals surface area contributed by atoms with Crippen molar-refractivity contribution >= 4 is 11.4 Å². The Labute approximate surface area is 132 Å². The smallest absolute Gasteiger partial charge is 0.144 e. The number of rotatable bonds is 0. The molecule has 0 aromatic heterocycles. The van der Waals surface area contributed by atoms with E-state index < -0.39 is 0 Å². The van der Waals surface area contributed by atoms with Gasteiger partial charge in [-0.15, -0.1) is 0 Å². The standard InChI is InChI=1S/C21H22O/c1-13-10-14-8-9-15-16-6-4-5-7-18(16)21(2,3)12-17(15)20(14)19(22)11-13/h4-9,12-13,20H,10-11H2,1-3H3. The lowest BCUT2D eigenvalue weighted by Gasteiger charge is -2.39. The molecule has 0 bridgehead atoms. The molecular formula is C21H22O. The van der Waals surface area contributed by atoms with Gasteiger partial charge in [-0.05, 0) is 34.6 Å². The predicted octanol–water partition coefficient (Wildman–Crippen LogP) is 4.84. The van der Waals surface area contributed by atoms with Crippen molar-refractivity contribution in [3.63, 3.8) is 0 Å². The second-order valence-electron chi connectivity index (χ2n) is 7.60. The van der Waals surface area contributed by atoms with Gasteiger partial charge in [0, 0.05) is 11.8 Å². The molecule has 0 aliphatic heterocycles. The number of carbonyl (C=O) groups excluding carboxylic acids is 1. The Morgan fingerprint density at radius 2 is 1.86 bits per heavy atom. The van der Waals surface area contributed by atoms with E-state index in [1.165, 1.54) is 27.8 Å². The summed E-state index contributed by atoms with van der Waals surface area (Å²) in [6, 6.07) is 8.62. The first kappa shape index (κ1) is 13.8. The van der Waals surface area contributed by atoms with Gasteiger partial charge < -0.3 is 0 Å². The summed E-state index contributed by atoms with van der Waals surface area (Å²) in [6.07, 6.45) is 8.55. The minimum atomic E-state index is -0.0188. The van der Waals surface area contributed by atoms with Gasteiger partial charge >= 0.3 is 0 Å². The lowest BCUT2D eigenvalue weighted by atomic mass is 9.63. The molecule has 2 unspecified atom stereocenters. The summed E-state index contributed by atoms with van der Waals surface area (Å²) in [5, 5.41) is 0. The summed E-state index contributed by atoms with van der Waals surface area (Å²) in [6.45, 7) is 6.69. The molecule has 1 aromatic rings. The van der Waals surface area contributed by atoms with Gasteiger partial charge in [0.25, 0.3) is 0 Å². The van der Waals surface area contributed by atoms with E-state index in [2.05, 4.69) is 63.3 Å². The van der Waals surface area contributed by atoms with Crippen LogP contribution < -0.4 is 0 Å². The van der Waals surface area contributed by atoms with E-state index in [9.17, 15) is 4.79 Å². The van der Waals surface area contributed by atoms with Crippen molar-refractivity contribution in [1.82, 2.24) is 0 Å². The van der Waals surface area contributed by atoms with E-state index in [4.69, 9.17) is 0 Å². The fraction of sp³-hybridized carbons (Fsp3) is 0.381. The molecule has 0 heterocycles. The summed E-state index contributed by atoms with van der Waals surface area (Å²) in [5.41, 5.74) is 6.46. The molecule has 2 atom stereocenters. The van der Waals surface area contributed by atoms with Gasteiger partial charge in [-0.2, -0.15) is 0 Å². The van der Waals surface area contributed by atoms with E-state index in [0.717, 1.165) is 6.42 Å². The van der Waals surface area contributed by atoms with Crippen molar-refractivity contribution in [2.24, 2.45) is 11.8 Å². The maximum absolute atomic E-state index is 12.7. The quantitative estimate of drug-likeness (QED) is 0.668. The lowest BCUT2D eigenvalue weighted by Crippen LogP contribution is -2.33. The molecule has 112 valence electrons. The van der Waals surface area contributed by atoms with Crippen molar-refractivity contribution in [3.8, 4) is 0 Å². The molecule has 1 aromatic carbocycles. The van der Waals surface area contributed by atoms with Crippen LogP contribution in [0.5, 0.6) is 0 Å². The third kappa shape index (κ3) is 1.88. The first-order valence-electron chi connectivity index (χ1n) is 8.24. The van der Waals surface area contributed by atoms with E-state index in [0.29, 0.717) is 18.1 Å². The van der Waals surface area contributed by atoms with Crippen LogP contribution in [-0.4, -0.2) is 5.78 Å². The van der Waals surface area contributed by atoms with Gasteiger partial charge in [-0.3, -0.25) is 4.79 Å². The number of fused-ring (bicyclic) bond motifs is 5. The van der Waals surface area contributed by atoms with Gasteiger partial charge in [0.15, 0.2) is 0 Å². The largest absolute Gasteiger partial charge is 0.299 e. The molecule has 3 aliphatic rings. The molecule has 1 saturated carbocycles. The number of benzene rings is 1. The van der Waals surface area contributed by atoms with Crippen molar-refractivity contribution in [2.45, 2.75) is 39.0 Å². The molecule has 22 heavy (non-hydrogen) atoms. The Morgan fingerprint density at radius 3 is 2.68 bits per heavy atom. The number of allylic oxidation sites excluding steroid dienone is 6. The van der Waals surface area contributed by atoms with Crippen LogP contribution in [0.4, 0.5) is 0 Å². The highest BCUT2D eigenvalue weighted by Gasteiger charge is 2.40. The monoisotopic (exact) mass is 290 g/mol. The van der Waals surface area contributed by atoms with E-state index >= 15 is 0 Å². The molecule has 1 fully saturated rings. The number of Topliss-reactive ketones (excluding diaryl/α,β-unsaturated/α-hetero) is 1. The number of carbonyl (C=O) groups is 1. The average Bonchev–Trinajstić information content (AvgIpc) is 2.46. The van der Waals surface area contributed by atoms with Crippen LogP contribution in [0, 0.1) is 11.8 Å². The molecule has 1 nitrogen and oxygen atoms in total. The molecule has 3 aliphatic carbocycles. The zero-order chi connectivity index (χ0) is 15.5. The van der Waals surface area contributed by atoms with E-state index in [-0.39, 0.29) is 11.3 Å². The fourth-order valence-corrected chi connectivity index (χ4v) is 4.39. The van der Waals surface area contributed by atoms with Gasteiger partial charge in [-0.25, -0.2) is 0 Å². The third-order valence-corrected chi connectivity index (χ3v) is 5.34. The zero-order valence-corrected chi connectivity index (χ0v) is 13.5. The minimum Gasteiger partial charge on any atom is -0.299 e. The Balaban J connectivity index is 1.93. The van der Waals surface area contributed by atoms with Crippen molar-refractivity contribution in [3.05, 3.63) is 64.8 Å². The first-order chi connectivity index (χ1) is 10.5. The van der Waals surface area contributed by atoms with Crippen LogP contribution in [0.2, 0.25) is 0 Å². The van der Waals surface area contributed by atoms with Crippen LogP contribution in [0.15, 0.2) is 53.6 Å². The van der Waals surface area contributed by atoms with Gasteiger partial charge in [0.2, 0.25) is 0 Å². The van der Waals surface area contributed by atoms with Gasteiger partial charge in [0.05, 0.1) is 5.92 Å². The Bertz CT molecular complexity index is 758. The summed E-state index contributed by atoms with van der Waals surface area (Å²) in [5.74, 6) is 0.885. The molecule has 4 rings (SSSR count). The highest BCUT2D eigenvalue weighted by Crippen LogP contribution is 2.49. The molecule has 0 amide bonds. The maximum atomic E-state index is 12.7. The summed E-state index contributed by atoms with van der Waals surface area (Å²) in [7, 11) is 0. The van der Waals surface area contributed by atoms with Crippen molar-refractivity contribution < 1.29 is 4.79 Å². The molecular weight excluding hydrogens is 268 g/mol. The predicted molar refractivity (Wildman–Crippen MR) is 90.5 cm³/mol. The highest BCUT2D eigenvalue weighted by molar-refractivity contribution is 5.98. The molecule has 0 saturated heterocycles. The highest BCUT2D eigenvalue weighted by atomic mass is 16.1. The summed E-state index contributed by atoms with van der Waals surface area (Å²) < 4.78 is 0. The number of hydrogen-bond acceptors (Lipinski definition) is 1. The fourth-order valence-electron chi connectivity index (χ4n) is 4.39. The summed E-state index contributed by atoms with van der Waals surface area (Å²) >= 11 is 0. The molecule has 0 N–H and O–H groups in total. The van der Waals surface area contributed by atoms with Crippen LogP contribution in [0.3, 0.4) is 0 Å². The van der Waals surface area contributed by atoms with Crippen molar-refractivity contribution in [2.75, 3.05) is 0 Å². The van der Waals surface area contributed by atoms with Crippen molar-refractivity contribution in [1.29, 1.82) is 0 Å². The number of hydrogen-bond donors (Lipinski definition) is 0. The van der Waals surface area contributed by atoms with Crippen LogP contribution in [0.1, 0.15) is 44.7 Å². The van der Waals surface area contributed by atoms with E-state index in [1.807, 2.05) is 0 Å². The number of ketones is 1. The Kier molecular flexibility index (Phi) is 2.84. The molecule has 1 heteroatoms. The van der Waals surface area contributed by atoms with Gasteiger partial charge in [-0.1, -0.05) is 68.8 Å². The maximum Gasteiger partial charge on any atom is 0.144 e. The minimum absolute atomic E-state index is 0.00355. The SMILES string of the molecule is CC1CC(=O)C2C(=CC=C3C2=CC(C)(C)c2ccccc23)C1. The van der Waals surface area contributed by atoms with Crippen LogP contribution in [0.25, 0.3) is 5.57 Å². The lowest BCUT2D eigenvalue weighted by molar-refractivity contribution is -0.122. The molecule has 0 radical (unpaired) electrons. The first-order valence-corrected chi connectivity index (χ1v) is 8.24. The average molecular weight is 290 g/mol. The summed E-state index contributed by atoms with van der Waals surface area (Å²) in [4.78, 5) is 12.7. The topological polar surface area (TPSA) is 17.1 Å². The second-order valence-corrected chi connectivity index (χ2v) is 7.60.